The molecule has 0 heterocycles. The molecule has 2 nitrogen and oxygen atoms in total. The number of rotatable bonds is 15. The van der Waals surface area contributed by atoms with Crippen molar-refractivity contribution in [2.75, 3.05) is 9.80 Å². The molecule has 2 saturated carbocycles. The van der Waals surface area contributed by atoms with Gasteiger partial charge in [-0.05, 0) is 228 Å². The summed E-state index contributed by atoms with van der Waals surface area (Å²) in [5.41, 5.74) is 28.7. The highest BCUT2D eigenvalue weighted by Gasteiger charge is 2.44. The fourth-order valence-electron chi connectivity index (χ4n) is 14.6. The summed E-state index contributed by atoms with van der Waals surface area (Å²) < 4.78 is 0. The highest BCUT2D eigenvalue weighted by Crippen LogP contribution is 2.57. The zero-order chi connectivity index (χ0) is 56.2. The maximum atomic E-state index is 4.39. The third-order valence-corrected chi connectivity index (χ3v) is 18.9. The summed E-state index contributed by atoms with van der Waals surface area (Å²) in [7, 11) is 0. The average Bonchev–Trinajstić information content (AvgIpc) is 2.92. The van der Waals surface area contributed by atoms with Crippen molar-refractivity contribution in [1.82, 2.24) is 0 Å². The van der Waals surface area contributed by atoms with Crippen LogP contribution in [-0.2, 0) is 10.8 Å². The van der Waals surface area contributed by atoms with Crippen LogP contribution in [0.3, 0.4) is 0 Å². The normalized spacial score (nSPS) is 17.3. The van der Waals surface area contributed by atoms with E-state index in [0.29, 0.717) is 0 Å². The molecule has 0 saturated heterocycles. The number of anilines is 5. The minimum atomic E-state index is 0.0637. The van der Waals surface area contributed by atoms with Gasteiger partial charge in [-0.1, -0.05) is 210 Å². The van der Waals surface area contributed by atoms with Gasteiger partial charge in [-0.15, -0.1) is 0 Å². The fourth-order valence-corrected chi connectivity index (χ4v) is 14.6. The van der Waals surface area contributed by atoms with Gasteiger partial charge >= 0.3 is 0 Å². The zero-order valence-electron chi connectivity index (χ0n) is 49.0. The second-order valence-electron chi connectivity index (χ2n) is 24.0. The highest BCUT2D eigenvalue weighted by atomic mass is 15.2. The second kappa shape index (κ2) is 23.7. The first-order valence-electron chi connectivity index (χ1n) is 30.6. The lowest BCUT2D eigenvalue weighted by atomic mass is 9.68. The van der Waals surface area contributed by atoms with Crippen LogP contribution in [0.5, 0.6) is 0 Å². The van der Waals surface area contributed by atoms with E-state index in [0.717, 1.165) is 53.9 Å². The summed E-state index contributed by atoms with van der Waals surface area (Å²) in [5.74, 6) is 0. The predicted octanol–water partition coefficient (Wildman–Crippen LogP) is 23.0. The Morgan fingerprint density at radius 3 is 1.93 bits per heavy atom. The Hall–Kier alpha value is -8.20. The number of hydrogen-bond acceptors (Lipinski definition) is 2. The van der Waals surface area contributed by atoms with Crippen LogP contribution >= 0.6 is 0 Å². The molecule has 7 aromatic rings. The quantitative estimate of drug-likeness (QED) is 0.0944. The van der Waals surface area contributed by atoms with Gasteiger partial charge in [-0.3, -0.25) is 0 Å². The molecule has 0 atom stereocenters. The van der Waals surface area contributed by atoms with Gasteiger partial charge in [0.2, 0.25) is 0 Å². The zero-order valence-corrected chi connectivity index (χ0v) is 49.0. The summed E-state index contributed by atoms with van der Waals surface area (Å²) in [4.78, 5) is 5.09. The molecule has 2 heteroatoms. The number of aryl methyl sites for hydroxylation is 1. The molecular weight excluding hydrogens is 989 g/mol. The topological polar surface area (TPSA) is 6.48 Å². The van der Waals surface area contributed by atoms with Gasteiger partial charge in [0, 0.05) is 39.4 Å². The largest absolute Gasteiger partial charge is 0.314 e. The van der Waals surface area contributed by atoms with E-state index in [9.17, 15) is 0 Å². The van der Waals surface area contributed by atoms with E-state index in [1.165, 1.54) is 154 Å². The maximum Gasteiger partial charge on any atom is 0.0539 e. The van der Waals surface area contributed by atoms with Gasteiger partial charge in [0.1, 0.15) is 0 Å². The number of nitrogens with zero attached hydrogens (tertiary/aromatic N) is 2. The SMILES string of the molecule is C=C/C=C\C=C(/C)c1cc(C2=CC=CCC2)cc(N(c2ccc(C3=CC=C(N(c4ccc(-c5ccccc5C)c(C5(C)CCCCC5)c4)c4ccc5c(c4)C4(CCCCC4)c4ccccc4-5)CC3)cc2)c2cccc(/C=C\C)c2C=C)c1. The molecule has 0 aromatic heterocycles. The minimum Gasteiger partial charge on any atom is -0.314 e. The lowest BCUT2D eigenvalue weighted by molar-refractivity contribution is 0.320. The number of allylic oxidation sites excluding steroid dienone is 14. The average molecular weight is 1070 g/mol. The van der Waals surface area contributed by atoms with Crippen LogP contribution in [0, 0.1) is 6.92 Å². The summed E-state index contributed by atoms with van der Waals surface area (Å²) in [5, 5.41) is 0. The van der Waals surface area contributed by atoms with Gasteiger partial charge in [-0.2, -0.15) is 0 Å². The monoisotopic (exact) mass is 1070 g/mol. The van der Waals surface area contributed by atoms with Crippen molar-refractivity contribution in [2.45, 2.75) is 128 Å². The number of fused-ring (bicyclic) bond motifs is 5. The van der Waals surface area contributed by atoms with Gasteiger partial charge in [0.15, 0.2) is 0 Å². The van der Waals surface area contributed by atoms with Crippen molar-refractivity contribution >= 4 is 57.3 Å². The molecule has 7 aromatic carbocycles. The predicted molar refractivity (Wildman–Crippen MR) is 355 cm³/mol. The molecule has 0 radical (unpaired) electrons. The van der Waals surface area contributed by atoms with Crippen LogP contribution in [0.1, 0.15) is 161 Å². The van der Waals surface area contributed by atoms with E-state index in [2.05, 4.69) is 251 Å². The first-order valence-corrected chi connectivity index (χ1v) is 30.6. The lowest BCUT2D eigenvalue weighted by Crippen LogP contribution is -2.28. The molecular formula is C80H80N2. The van der Waals surface area contributed by atoms with Gasteiger partial charge < -0.3 is 9.80 Å². The van der Waals surface area contributed by atoms with Crippen molar-refractivity contribution in [3.63, 3.8) is 0 Å². The van der Waals surface area contributed by atoms with E-state index in [-0.39, 0.29) is 10.8 Å². The Bertz CT molecular complexity index is 3790. The second-order valence-corrected chi connectivity index (χ2v) is 24.0. The molecule has 2 fully saturated rings. The van der Waals surface area contributed by atoms with Gasteiger partial charge in [-0.25, -0.2) is 0 Å². The summed E-state index contributed by atoms with van der Waals surface area (Å²) >= 11 is 0. The Balaban J connectivity index is 0.970. The molecule has 0 bridgehead atoms. The molecule has 0 N–H and O–H groups in total. The minimum absolute atomic E-state index is 0.0637. The summed E-state index contributed by atoms with van der Waals surface area (Å²) in [6, 6.07) is 56.4. The van der Waals surface area contributed by atoms with Crippen LogP contribution in [0.4, 0.5) is 28.4 Å². The lowest BCUT2D eigenvalue weighted by Gasteiger charge is -2.38. The maximum absolute atomic E-state index is 4.39. The smallest absolute Gasteiger partial charge is 0.0539 e. The van der Waals surface area contributed by atoms with Crippen LogP contribution in [0.25, 0.3) is 51.1 Å². The highest BCUT2D eigenvalue weighted by molar-refractivity contribution is 5.90. The van der Waals surface area contributed by atoms with E-state index >= 15 is 0 Å². The number of benzene rings is 7. The molecule has 0 aliphatic heterocycles. The molecule has 0 unspecified atom stereocenters. The van der Waals surface area contributed by atoms with E-state index < -0.39 is 0 Å². The van der Waals surface area contributed by atoms with Crippen molar-refractivity contribution in [3.05, 3.63) is 275 Å². The third-order valence-electron chi connectivity index (χ3n) is 18.9. The van der Waals surface area contributed by atoms with Crippen molar-refractivity contribution in [2.24, 2.45) is 0 Å². The first-order chi connectivity index (χ1) is 40.2. The molecule has 0 amide bonds. The van der Waals surface area contributed by atoms with Crippen LogP contribution < -0.4 is 9.80 Å². The van der Waals surface area contributed by atoms with Gasteiger partial charge in [0.05, 0.1) is 5.69 Å². The van der Waals surface area contributed by atoms with Crippen molar-refractivity contribution < 1.29 is 0 Å². The first kappa shape index (κ1) is 54.4. The van der Waals surface area contributed by atoms with Crippen molar-refractivity contribution in [1.29, 1.82) is 0 Å². The summed E-state index contributed by atoms with van der Waals surface area (Å²) in [6.07, 6.45) is 42.5. The van der Waals surface area contributed by atoms with E-state index in [1.54, 1.807) is 5.56 Å². The third kappa shape index (κ3) is 10.4. The fraction of sp³-hybridized carbons (Fsp3) is 0.250. The molecule has 12 rings (SSSR count). The molecule has 410 valence electrons. The molecule has 1 spiro atoms. The van der Waals surface area contributed by atoms with Crippen molar-refractivity contribution in [3.8, 4) is 22.3 Å². The summed E-state index contributed by atoms with van der Waals surface area (Å²) in [6.45, 7) is 17.4. The van der Waals surface area contributed by atoms with Crippen LogP contribution in [-0.4, -0.2) is 0 Å². The van der Waals surface area contributed by atoms with Crippen LogP contribution in [0.15, 0.2) is 225 Å². The molecule has 5 aliphatic carbocycles. The number of hydrogen-bond donors (Lipinski definition) is 0. The standard InChI is InChI=1S/C80H80N2/c1-7-10-14-27-57(4)63-52-64(59-29-15-11-16-30-59)54-69(53-63)82(78-35-25-31-62(26-8-2)70(78)9-3)66-42-38-61(39-43-66)60-36-40-65(41-37-60)81(68-45-47-74-72-33-19-20-34-75(72)80(77(74)56-68)50-23-13-24-51-80)67-44-46-73(71-32-18-17-28-58(71)5)76(55-67)79(6)48-21-12-22-49-79/h7-11,14-15,17-20,25-29,31-36,38-40,42-47,52-56H,1,3,12-13,16,21-24,30,37,41,48-51H2,2,4-6H3/b14-10-,26-8-,57-27+. The molecule has 82 heavy (non-hydrogen) atoms. The van der Waals surface area contributed by atoms with Gasteiger partial charge in [0.25, 0.3) is 0 Å². The van der Waals surface area contributed by atoms with E-state index in [4.69, 9.17) is 0 Å². The Labute approximate surface area is 490 Å². The Morgan fingerprint density at radius 2 is 1.23 bits per heavy atom. The van der Waals surface area contributed by atoms with Crippen LogP contribution in [0.2, 0.25) is 0 Å². The molecule has 5 aliphatic rings. The van der Waals surface area contributed by atoms with E-state index in [1.807, 2.05) is 18.2 Å². The Kier molecular flexibility index (Phi) is 15.7. The Morgan fingerprint density at radius 1 is 0.549 bits per heavy atom.